The Morgan fingerprint density at radius 2 is 1.89 bits per heavy atom. The Labute approximate surface area is 157 Å². The van der Waals surface area contributed by atoms with E-state index < -0.39 is 11.3 Å². The van der Waals surface area contributed by atoms with Crippen LogP contribution in [0.4, 0.5) is 8.78 Å². The molecule has 0 saturated heterocycles. The van der Waals surface area contributed by atoms with Crippen molar-refractivity contribution in [3.63, 3.8) is 0 Å². The van der Waals surface area contributed by atoms with E-state index in [1.165, 1.54) is 0 Å². The first-order valence-corrected chi connectivity index (χ1v) is 9.41. The summed E-state index contributed by atoms with van der Waals surface area (Å²) in [4.78, 5) is 16.9. The number of carbonyl (C=O) groups excluding carboxylic acids is 1. The number of aromatic nitrogens is 2. The van der Waals surface area contributed by atoms with Crippen LogP contribution in [0.1, 0.15) is 80.5 Å². The number of nitrogens with zero attached hydrogens (tertiary/aromatic N) is 2. The highest BCUT2D eigenvalue weighted by atomic mass is 19.3. The molecule has 5 nitrogen and oxygen atoms in total. The molecule has 1 aliphatic rings. The summed E-state index contributed by atoms with van der Waals surface area (Å²) in [5.74, 6) is -2.04. The van der Waals surface area contributed by atoms with E-state index in [1.807, 2.05) is 19.9 Å². The fraction of sp³-hybridized carbons (Fsp3) is 0.550. The molecular formula is C20H25F2N3O2. The summed E-state index contributed by atoms with van der Waals surface area (Å²) in [7, 11) is 0. The Balaban J connectivity index is 1.74. The second-order valence-electron chi connectivity index (χ2n) is 7.56. The van der Waals surface area contributed by atoms with E-state index in [2.05, 4.69) is 15.5 Å². The molecule has 0 bridgehead atoms. The minimum Gasteiger partial charge on any atom is -0.342 e. The van der Waals surface area contributed by atoms with Gasteiger partial charge in [0.2, 0.25) is 11.8 Å². The predicted octanol–water partition coefficient (Wildman–Crippen LogP) is 4.81. The third-order valence-electron chi connectivity index (χ3n) is 5.27. The third-order valence-corrected chi connectivity index (χ3v) is 5.27. The summed E-state index contributed by atoms with van der Waals surface area (Å²) in [5, 5.41) is 7.00. The van der Waals surface area contributed by atoms with Crippen molar-refractivity contribution in [2.75, 3.05) is 0 Å². The van der Waals surface area contributed by atoms with Crippen LogP contribution in [0.15, 0.2) is 34.9 Å². The van der Waals surface area contributed by atoms with Crippen molar-refractivity contribution in [3.05, 3.63) is 47.6 Å². The summed E-state index contributed by atoms with van der Waals surface area (Å²) in [6.07, 6.45) is 1.74. The lowest BCUT2D eigenvalue weighted by molar-refractivity contribution is -0.0532. The van der Waals surface area contributed by atoms with Crippen LogP contribution in [0, 0.1) is 0 Å². The summed E-state index contributed by atoms with van der Waals surface area (Å²) in [5.41, 5.74) is 0.0106. The maximum absolute atomic E-state index is 13.5. The van der Waals surface area contributed by atoms with Crippen LogP contribution in [-0.4, -0.2) is 22.0 Å². The van der Waals surface area contributed by atoms with Crippen LogP contribution in [-0.2, 0) is 5.41 Å². The van der Waals surface area contributed by atoms with Gasteiger partial charge in [0.05, 0.1) is 6.04 Å². The average Bonchev–Trinajstić information content (AvgIpc) is 3.16. The van der Waals surface area contributed by atoms with E-state index >= 15 is 0 Å². The Morgan fingerprint density at radius 3 is 2.52 bits per heavy atom. The molecule has 3 rings (SSSR count). The molecule has 1 amide bonds. The molecule has 0 radical (unpaired) electrons. The lowest BCUT2D eigenvalue weighted by Gasteiger charge is -2.34. The molecule has 1 saturated carbocycles. The molecule has 1 atom stereocenters. The Bertz CT molecular complexity index is 767. The summed E-state index contributed by atoms with van der Waals surface area (Å²) in [6, 6.07) is 8.55. The van der Waals surface area contributed by atoms with Gasteiger partial charge in [0.1, 0.15) is 0 Å². The average molecular weight is 377 g/mol. The first-order valence-electron chi connectivity index (χ1n) is 9.41. The standard InChI is InChI=1S/C20H25F2N3O2/c1-3-7-15(23-17(26)14-8-5-4-6-9-14)16-24-18(27-25-16)19(2)10-12-20(21,22)13-11-19/h4-6,8-9,15H,3,7,10-13H2,1-2H3,(H,23,26). The molecule has 2 aromatic rings. The Kier molecular flexibility index (Phi) is 5.58. The molecule has 7 heteroatoms. The van der Waals surface area contributed by atoms with Gasteiger partial charge in [-0.05, 0) is 31.4 Å². The topological polar surface area (TPSA) is 68.0 Å². The maximum Gasteiger partial charge on any atom is 0.251 e. The minimum atomic E-state index is -2.61. The molecule has 1 heterocycles. The summed E-state index contributed by atoms with van der Waals surface area (Å²) < 4.78 is 32.4. The smallest absolute Gasteiger partial charge is 0.251 e. The quantitative estimate of drug-likeness (QED) is 0.785. The lowest BCUT2D eigenvalue weighted by atomic mass is 9.74. The van der Waals surface area contributed by atoms with Gasteiger partial charge >= 0.3 is 0 Å². The Morgan fingerprint density at radius 1 is 1.22 bits per heavy atom. The number of halogens is 2. The van der Waals surface area contributed by atoms with Crippen LogP contribution < -0.4 is 5.32 Å². The van der Waals surface area contributed by atoms with Crippen molar-refractivity contribution in [2.45, 2.75) is 69.8 Å². The van der Waals surface area contributed by atoms with Crippen molar-refractivity contribution in [1.82, 2.24) is 15.5 Å². The monoisotopic (exact) mass is 377 g/mol. The van der Waals surface area contributed by atoms with E-state index in [0.29, 0.717) is 36.5 Å². The zero-order valence-corrected chi connectivity index (χ0v) is 15.7. The first kappa shape index (κ1) is 19.5. The maximum atomic E-state index is 13.5. The van der Waals surface area contributed by atoms with Crippen LogP contribution in [0.5, 0.6) is 0 Å². The van der Waals surface area contributed by atoms with Crippen molar-refractivity contribution in [1.29, 1.82) is 0 Å². The van der Waals surface area contributed by atoms with Crippen molar-refractivity contribution in [2.24, 2.45) is 0 Å². The molecule has 1 aromatic heterocycles. The van der Waals surface area contributed by atoms with Crippen LogP contribution >= 0.6 is 0 Å². The van der Waals surface area contributed by atoms with Gasteiger partial charge in [0.25, 0.3) is 5.91 Å². The third kappa shape index (κ3) is 4.51. The molecule has 1 fully saturated rings. The van der Waals surface area contributed by atoms with E-state index in [9.17, 15) is 13.6 Å². The van der Waals surface area contributed by atoms with Crippen LogP contribution in [0.25, 0.3) is 0 Å². The number of nitrogens with one attached hydrogen (secondary N) is 1. The van der Waals surface area contributed by atoms with Gasteiger partial charge in [-0.3, -0.25) is 4.79 Å². The minimum absolute atomic E-state index is 0.176. The van der Waals surface area contributed by atoms with Crippen LogP contribution in [0.2, 0.25) is 0 Å². The van der Waals surface area contributed by atoms with Gasteiger partial charge < -0.3 is 9.84 Å². The van der Waals surface area contributed by atoms with Gasteiger partial charge in [0, 0.05) is 23.8 Å². The van der Waals surface area contributed by atoms with Gasteiger partial charge in [-0.2, -0.15) is 4.98 Å². The second-order valence-corrected chi connectivity index (χ2v) is 7.56. The fourth-order valence-corrected chi connectivity index (χ4v) is 3.39. The molecule has 1 N–H and O–H groups in total. The summed E-state index contributed by atoms with van der Waals surface area (Å²) >= 11 is 0. The molecule has 27 heavy (non-hydrogen) atoms. The number of hydrogen-bond acceptors (Lipinski definition) is 4. The highest BCUT2D eigenvalue weighted by molar-refractivity contribution is 5.94. The number of carbonyl (C=O) groups is 1. The zero-order chi connectivity index (χ0) is 19.5. The number of amides is 1. The van der Waals surface area contributed by atoms with Crippen molar-refractivity contribution >= 4 is 5.91 Å². The van der Waals surface area contributed by atoms with E-state index in [-0.39, 0.29) is 24.8 Å². The SMILES string of the molecule is CCCC(NC(=O)c1ccccc1)c1noc(C2(C)CCC(F)(F)CC2)n1. The van der Waals surface area contributed by atoms with Crippen molar-refractivity contribution < 1.29 is 18.1 Å². The molecule has 1 aromatic carbocycles. The van der Waals surface area contributed by atoms with E-state index in [1.54, 1.807) is 24.3 Å². The fourth-order valence-electron chi connectivity index (χ4n) is 3.39. The van der Waals surface area contributed by atoms with E-state index in [0.717, 1.165) is 6.42 Å². The zero-order valence-electron chi connectivity index (χ0n) is 15.7. The van der Waals surface area contributed by atoms with Gasteiger partial charge in [-0.25, -0.2) is 8.78 Å². The van der Waals surface area contributed by atoms with Crippen LogP contribution in [0.3, 0.4) is 0 Å². The molecule has 1 aliphatic carbocycles. The predicted molar refractivity (Wildman–Crippen MR) is 96.6 cm³/mol. The normalized spacial score (nSPS) is 19.4. The molecule has 1 unspecified atom stereocenters. The highest BCUT2D eigenvalue weighted by Crippen LogP contribution is 2.44. The number of benzene rings is 1. The van der Waals surface area contributed by atoms with Gasteiger partial charge in [-0.15, -0.1) is 0 Å². The number of alkyl halides is 2. The number of hydrogen-bond donors (Lipinski definition) is 1. The molecular weight excluding hydrogens is 352 g/mol. The Hall–Kier alpha value is -2.31. The molecule has 146 valence electrons. The summed E-state index contributed by atoms with van der Waals surface area (Å²) in [6.45, 7) is 3.89. The lowest BCUT2D eigenvalue weighted by Crippen LogP contribution is -2.34. The largest absolute Gasteiger partial charge is 0.342 e. The first-order chi connectivity index (χ1) is 12.8. The second kappa shape index (κ2) is 7.74. The van der Waals surface area contributed by atoms with E-state index in [4.69, 9.17) is 4.52 Å². The number of rotatable bonds is 6. The molecule has 0 spiro atoms. The molecule has 0 aliphatic heterocycles. The van der Waals surface area contributed by atoms with Crippen molar-refractivity contribution in [3.8, 4) is 0 Å². The van der Waals surface area contributed by atoms with Gasteiger partial charge in [-0.1, -0.05) is 43.6 Å². The highest BCUT2D eigenvalue weighted by Gasteiger charge is 2.44. The van der Waals surface area contributed by atoms with Gasteiger partial charge in [0.15, 0.2) is 5.82 Å².